The lowest BCUT2D eigenvalue weighted by molar-refractivity contribution is 0.00201. The van der Waals surface area contributed by atoms with Crippen molar-refractivity contribution in [2.24, 2.45) is 0 Å². The summed E-state index contributed by atoms with van der Waals surface area (Å²) in [6.07, 6.45) is 1.88. The number of hydrogen-bond donors (Lipinski definition) is 1. The molecule has 0 aliphatic carbocycles. The summed E-state index contributed by atoms with van der Waals surface area (Å²) in [6, 6.07) is 0.680. The first-order chi connectivity index (χ1) is 8.40. The second-order valence-electron chi connectivity index (χ2n) is 6.23. The van der Waals surface area contributed by atoms with Gasteiger partial charge in [-0.15, -0.1) is 0 Å². The Bertz CT molecular complexity index is 314. The van der Waals surface area contributed by atoms with E-state index < -0.39 is 5.60 Å². The molecule has 2 saturated heterocycles. The Morgan fingerprint density at radius 2 is 2.06 bits per heavy atom. The molecule has 1 amide bonds. The van der Waals surface area contributed by atoms with Crippen LogP contribution in [0, 0.1) is 0 Å². The number of ether oxygens (including phenoxy) is 1. The second-order valence-corrected chi connectivity index (χ2v) is 6.23. The quantitative estimate of drug-likeness (QED) is 0.762. The summed E-state index contributed by atoms with van der Waals surface area (Å²) in [4.78, 5) is 16.1. The van der Waals surface area contributed by atoms with Crippen molar-refractivity contribution in [1.82, 2.24) is 9.80 Å². The number of carbonyl (C=O) groups is 1. The second kappa shape index (κ2) is 5.05. The predicted octanol–water partition coefficient (Wildman–Crippen LogP) is 1.06. The lowest BCUT2D eigenvalue weighted by atomic mass is 10.1. The summed E-state index contributed by atoms with van der Waals surface area (Å²) in [7, 11) is 0. The summed E-state index contributed by atoms with van der Waals surface area (Å²) >= 11 is 0. The van der Waals surface area contributed by atoms with E-state index >= 15 is 0 Å². The van der Waals surface area contributed by atoms with E-state index in [4.69, 9.17) is 4.74 Å². The first-order valence-electron chi connectivity index (χ1n) is 6.75. The zero-order chi connectivity index (χ0) is 13.3. The van der Waals surface area contributed by atoms with Gasteiger partial charge in [-0.3, -0.25) is 4.90 Å². The van der Waals surface area contributed by atoms with Gasteiger partial charge in [0.05, 0.1) is 6.61 Å². The third-order valence-electron chi connectivity index (χ3n) is 3.69. The summed E-state index contributed by atoms with van der Waals surface area (Å²) in [5.74, 6) is 0. The van der Waals surface area contributed by atoms with Crippen molar-refractivity contribution >= 4 is 6.09 Å². The normalized spacial score (nSPS) is 29.2. The van der Waals surface area contributed by atoms with Gasteiger partial charge in [0.25, 0.3) is 0 Å². The van der Waals surface area contributed by atoms with Crippen molar-refractivity contribution < 1.29 is 14.6 Å². The average Bonchev–Trinajstić information content (AvgIpc) is 2.68. The van der Waals surface area contributed by atoms with Crippen molar-refractivity contribution in [1.29, 1.82) is 0 Å². The topological polar surface area (TPSA) is 53.0 Å². The van der Waals surface area contributed by atoms with E-state index in [9.17, 15) is 9.90 Å². The van der Waals surface area contributed by atoms with Crippen molar-refractivity contribution in [3.8, 4) is 0 Å². The van der Waals surface area contributed by atoms with Crippen LogP contribution in [0.3, 0.4) is 0 Å². The van der Waals surface area contributed by atoms with Gasteiger partial charge in [0.2, 0.25) is 0 Å². The number of hydrogen-bond acceptors (Lipinski definition) is 4. The van der Waals surface area contributed by atoms with Crippen LogP contribution in [0.15, 0.2) is 0 Å². The van der Waals surface area contributed by atoms with Gasteiger partial charge in [0.1, 0.15) is 5.60 Å². The maximum absolute atomic E-state index is 12.0. The minimum atomic E-state index is -0.433. The van der Waals surface area contributed by atoms with E-state index in [1.54, 1.807) is 4.90 Å². The molecule has 2 fully saturated rings. The first-order valence-corrected chi connectivity index (χ1v) is 6.75. The number of carbonyl (C=O) groups excluding carboxylic acids is 1. The molecular weight excluding hydrogens is 232 g/mol. The third kappa shape index (κ3) is 2.95. The van der Waals surface area contributed by atoms with Gasteiger partial charge in [0.15, 0.2) is 0 Å². The molecule has 2 aliphatic heterocycles. The molecule has 0 aromatic heterocycles. The molecule has 5 heteroatoms. The van der Waals surface area contributed by atoms with E-state index in [1.165, 1.54) is 0 Å². The summed E-state index contributed by atoms with van der Waals surface area (Å²) < 4.78 is 5.40. The molecular formula is C13H24N2O3. The number of aliphatic hydroxyl groups is 1. The molecule has 2 heterocycles. The van der Waals surface area contributed by atoms with Crippen LogP contribution in [0.4, 0.5) is 4.79 Å². The standard InChI is InChI=1S/C13H24N2O3/c1-13(2,3)18-12(17)14-6-7-15-10(8-14)4-5-11(15)9-16/h10-11,16H,4-9H2,1-3H3. The zero-order valence-corrected chi connectivity index (χ0v) is 11.6. The SMILES string of the molecule is CC(C)(C)OC(=O)N1CCN2C(CO)CCC2C1. The maximum atomic E-state index is 12.0. The highest BCUT2D eigenvalue weighted by Gasteiger charge is 2.39. The van der Waals surface area contributed by atoms with E-state index in [0.717, 1.165) is 25.9 Å². The average molecular weight is 256 g/mol. The Balaban J connectivity index is 1.90. The molecule has 0 aromatic carbocycles. The van der Waals surface area contributed by atoms with E-state index in [0.29, 0.717) is 12.6 Å². The Hall–Kier alpha value is -0.810. The molecule has 2 unspecified atom stereocenters. The van der Waals surface area contributed by atoms with Crippen molar-refractivity contribution in [3.63, 3.8) is 0 Å². The number of aliphatic hydroxyl groups excluding tert-OH is 1. The molecule has 2 aliphatic rings. The molecule has 0 bridgehead atoms. The minimum Gasteiger partial charge on any atom is -0.444 e. The molecule has 0 spiro atoms. The van der Waals surface area contributed by atoms with Gasteiger partial charge < -0.3 is 14.7 Å². The van der Waals surface area contributed by atoms with Crippen LogP contribution in [0.2, 0.25) is 0 Å². The lowest BCUT2D eigenvalue weighted by Crippen LogP contribution is -2.55. The third-order valence-corrected chi connectivity index (χ3v) is 3.69. The molecule has 5 nitrogen and oxygen atoms in total. The number of rotatable bonds is 1. The van der Waals surface area contributed by atoms with Gasteiger partial charge in [-0.25, -0.2) is 4.79 Å². The lowest BCUT2D eigenvalue weighted by Gasteiger charge is -2.39. The molecule has 0 radical (unpaired) electrons. The van der Waals surface area contributed by atoms with Crippen molar-refractivity contribution in [2.75, 3.05) is 26.2 Å². The van der Waals surface area contributed by atoms with Crippen LogP contribution in [0.5, 0.6) is 0 Å². The Morgan fingerprint density at radius 1 is 1.33 bits per heavy atom. The van der Waals surface area contributed by atoms with Gasteiger partial charge >= 0.3 is 6.09 Å². The molecule has 0 saturated carbocycles. The van der Waals surface area contributed by atoms with Crippen LogP contribution in [-0.2, 0) is 4.74 Å². The van der Waals surface area contributed by atoms with Crippen LogP contribution in [0.1, 0.15) is 33.6 Å². The number of amides is 1. The van der Waals surface area contributed by atoms with Crippen LogP contribution >= 0.6 is 0 Å². The molecule has 18 heavy (non-hydrogen) atoms. The Kier molecular flexibility index (Phi) is 3.82. The largest absolute Gasteiger partial charge is 0.444 e. The zero-order valence-electron chi connectivity index (χ0n) is 11.6. The smallest absolute Gasteiger partial charge is 0.410 e. The molecule has 1 N–H and O–H groups in total. The molecule has 104 valence electrons. The highest BCUT2D eigenvalue weighted by molar-refractivity contribution is 5.68. The fraction of sp³-hybridized carbons (Fsp3) is 0.923. The van der Waals surface area contributed by atoms with Gasteiger partial charge in [-0.05, 0) is 33.6 Å². The summed E-state index contributed by atoms with van der Waals surface area (Å²) in [6.45, 7) is 8.15. The highest BCUT2D eigenvalue weighted by atomic mass is 16.6. The molecule has 2 atom stereocenters. The number of nitrogens with zero attached hydrogens (tertiary/aromatic N) is 2. The van der Waals surface area contributed by atoms with E-state index in [1.807, 2.05) is 20.8 Å². The fourth-order valence-corrected chi connectivity index (χ4v) is 2.85. The molecule has 0 aromatic rings. The van der Waals surface area contributed by atoms with Crippen molar-refractivity contribution in [3.05, 3.63) is 0 Å². The van der Waals surface area contributed by atoms with Gasteiger partial charge in [-0.1, -0.05) is 0 Å². The van der Waals surface area contributed by atoms with E-state index in [2.05, 4.69) is 4.90 Å². The number of piperazine rings is 1. The fourth-order valence-electron chi connectivity index (χ4n) is 2.85. The Morgan fingerprint density at radius 3 is 2.67 bits per heavy atom. The summed E-state index contributed by atoms with van der Waals surface area (Å²) in [5.41, 5.74) is -0.433. The van der Waals surface area contributed by atoms with Gasteiger partial charge in [-0.2, -0.15) is 0 Å². The van der Waals surface area contributed by atoms with Crippen LogP contribution in [-0.4, -0.2) is 64.9 Å². The summed E-state index contributed by atoms with van der Waals surface area (Å²) in [5, 5.41) is 9.29. The van der Waals surface area contributed by atoms with Crippen molar-refractivity contribution in [2.45, 2.75) is 51.3 Å². The van der Waals surface area contributed by atoms with Crippen LogP contribution < -0.4 is 0 Å². The predicted molar refractivity (Wildman–Crippen MR) is 68.4 cm³/mol. The number of fused-ring (bicyclic) bond motifs is 1. The minimum absolute atomic E-state index is 0.213. The highest BCUT2D eigenvalue weighted by Crippen LogP contribution is 2.27. The van der Waals surface area contributed by atoms with Crippen LogP contribution in [0.25, 0.3) is 0 Å². The molecule has 2 rings (SSSR count). The van der Waals surface area contributed by atoms with E-state index in [-0.39, 0.29) is 18.7 Å². The maximum Gasteiger partial charge on any atom is 0.410 e. The monoisotopic (exact) mass is 256 g/mol. The van der Waals surface area contributed by atoms with Gasteiger partial charge in [0, 0.05) is 31.7 Å². The Labute approximate surface area is 109 Å². The first kappa shape index (κ1) is 13.6.